The quantitative estimate of drug-likeness (QED) is 0.786. The molecule has 0 amide bonds. The van der Waals surface area contributed by atoms with Crippen molar-refractivity contribution in [2.24, 2.45) is 0 Å². The summed E-state index contributed by atoms with van der Waals surface area (Å²) in [5, 5.41) is 17.7. The molecule has 5 nitrogen and oxygen atoms in total. The summed E-state index contributed by atoms with van der Waals surface area (Å²) in [7, 11) is 0. The number of carbonyl (C=O) groups is 1. The van der Waals surface area contributed by atoms with Gasteiger partial charge in [-0.1, -0.05) is 22.9 Å². The standard InChI is InChI=1S/C14H10ClN3O2/c1-8-2-4-10(15)12(6-8)18-13-7-9(14(19)20)3-5-11(13)16-17-18/h2-7H,1H3,(H,19,20). The molecule has 0 aliphatic rings. The van der Waals surface area contributed by atoms with E-state index in [0.717, 1.165) is 5.56 Å². The highest BCUT2D eigenvalue weighted by Crippen LogP contribution is 2.25. The summed E-state index contributed by atoms with van der Waals surface area (Å²) in [5.74, 6) is -0.991. The van der Waals surface area contributed by atoms with Crippen molar-refractivity contribution < 1.29 is 9.90 Å². The summed E-state index contributed by atoms with van der Waals surface area (Å²) in [6.45, 7) is 1.95. The smallest absolute Gasteiger partial charge is 0.335 e. The molecule has 0 saturated heterocycles. The monoisotopic (exact) mass is 287 g/mol. The largest absolute Gasteiger partial charge is 0.478 e. The Morgan fingerprint density at radius 1 is 1.25 bits per heavy atom. The number of benzene rings is 2. The zero-order chi connectivity index (χ0) is 14.3. The van der Waals surface area contributed by atoms with Gasteiger partial charge in [0.05, 0.1) is 21.8 Å². The first-order chi connectivity index (χ1) is 9.56. The number of aromatic nitrogens is 3. The van der Waals surface area contributed by atoms with Crippen LogP contribution in [0.5, 0.6) is 0 Å². The highest BCUT2D eigenvalue weighted by atomic mass is 35.5. The lowest BCUT2D eigenvalue weighted by atomic mass is 10.2. The fourth-order valence-electron chi connectivity index (χ4n) is 2.01. The van der Waals surface area contributed by atoms with Gasteiger partial charge in [-0.15, -0.1) is 5.10 Å². The van der Waals surface area contributed by atoms with Crippen LogP contribution in [0, 0.1) is 6.92 Å². The van der Waals surface area contributed by atoms with Gasteiger partial charge >= 0.3 is 5.97 Å². The second kappa shape index (κ2) is 4.61. The minimum Gasteiger partial charge on any atom is -0.478 e. The molecule has 0 aliphatic heterocycles. The Morgan fingerprint density at radius 2 is 2.05 bits per heavy atom. The number of nitrogens with zero attached hydrogens (tertiary/aromatic N) is 3. The number of aromatic carboxylic acids is 1. The summed E-state index contributed by atoms with van der Waals surface area (Å²) in [6.07, 6.45) is 0. The summed E-state index contributed by atoms with van der Waals surface area (Å²) in [4.78, 5) is 11.1. The number of hydrogen-bond acceptors (Lipinski definition) is 3. The molecule has 3 aromatic rings. The van der Waals surface area contributed by atoms with E-state index in [1.807, 2.05) is 19.1 Å². The van der Waals surface area contributed by atoms with E-state index in [4.69, 9.17) is 16.7 Å². The molecule has 2 aromatic carbocycles. The van der Waals surface area contributed by atoms with Crippen molar-refractivity contribution >= 4 is 28.6 Å². The number of fused-ring (bicyclic) bond motifs is 1. The van der Waals surface area contributed by atoms with Crippen LogP contribution in [-0.2, 0) is 0 Å². The molecular formula is C14H10ClN3O2. The summed E-state index contributed by atoms with van der Waals surface area (Å²) in [6, 6.07) is 10.2. The highest BCUT2D eigenvalue weighted by Gasteiger charge is 2.12. The van der Waals surface area contributed by atoms with E-state index in [-0.39, 0.29) is 5.56 Å². The van der Waals surface area contributed by atoms with E-state index in [1.54, 1.807) is 16.8 Å². The van der Waals surface area contributed by atoms with Crippen molar-refractivity contribution in [2.75, 3.05) is 0 Å². The van der Waals surface area contributed by atoms with Crippen LogP contribution in [0.25, 0.3) is 16.7 Å². The van der Waals surface area contributed by atoms with E-state index in [0.29, 0.717) is 21.7 Å². The van der Waals surface area contributed by atoms with Crippen molar-refractivity contribution in [2.45, 2.75) is 6.92 Å². The van der Waals surface area contributed by atoms with Crippen LogP contribution in [0.15, 0.2) is 36.4 Å². The maximum Gasteiger partial charge on any atom is 0.335 e. The molecule has 6 heteroatoms. The first-order valence-electron chi connectivity index (χ1n) is 5.91. The molecule has 0 unspecified atom stereocenters. The topological polar surface area (TPSA) is 68.0 Å². The Balaban J connectivity index is 2.28. The Morgan fingerprint density at radius 3 is 2.80 bits per heavy atom. The average Bonchev–Trinajstić information content (AvgIpc) is 2.84. The van der Waals surface area contributed by atoms with Crippen molar-refractivity contribution in [3.05, 3.63) is 52.5 Å². The van der Waals surface area contributed by atoms with Crippen LogP contribution >= 0.6 is 11.6 Å². The van der Waals surface area contributed by atoms with E-state index in [9.17, 15) is 4.79 Å². The van der Waals surface area contributed by atoms with Crippen LogP contribution in [0.2, 0.25) is 5.02 Å². The van der Waals surface area contributed by atoms with Gasteiger partial charge in [-0.3, -0.25) is 0 Å². The zero-order valence-electron chi connectivity index (χ0n) is 10.5. The number of halogens is 1. The van der Waals surface area contributed by atoms with Gasteiger partial charge in [0.2, 0.25) is 0 Å². The van der Waals surface area contributed by atoms with Gasteiger partial charge in [-0.25, -0.2) is 9.48 Å². The van der Waals surface area contributed by atoms with Crippen LogP contribution < -0.4 is 0 Å². The molecule has 1 aromatic heterocycles. The fraction of sp³-hybridized carbons (Fsp3) is 0.0714. The van der Waals surface area contributed by atoms with E-state index >= 15 is 0 Å². The van der Waals surface area contributed by atoms with Crippen LogP contribution in [0.1, 0.15) is 15.9 Å². The van der Waals surface area contributed by atoms with E-state index < -0.39 is 5.97 Å². The van der Waals surface area contributed by atoms with Crippen LogP contribution in [0.4, 0.5) is 0 Å². The molecule has 0 fully saturated rings. The van der Waals surface area contributed by atoms with Gasteiger partial charge in [0.25, 0.3) is 0 Å². The summed E-state index contributed by atoms with van der Waals surface area (Å²) < 4.78 is 1.55. The van der Waals surface area contributed by atoms with E-state index in [1.165, 1.54) is 12.1 Å². The minimum atomic E-state index is -0.991. The number of hydrogen-bond donors (Lipinski definition) is 1. The molecule has 0 spiro atoms. The van der Waals surface area contributed by atoms with Crippen LogP contribution in [-0.4, -0.2) is 26.1 Å². The first kappa shape index (κ1) is 12.6. The van der Waals surface area contributed by atoms with Gasteiger partial charge in [0, 0.05) is 0 Å². The second-order valence-corrected chi connectivity index (χ2v) is 4.87. The normalized spacial score (nSPS) is 10.9. The number of carboxylic acids is 1. The molecule has 100 valence electrons. The molecule has 0 bridgehead atoms. The molecule has 0 saturated carbocycles. The first-order valence-corrected chi connectivity index (χ1v) is 6.29. The van der Waals surface area contributed by atoms with Gasteiger partial charge in [-0.2, -0.15) is 0 Å². The Kier molecular flexibility index (Phi) is 2.91. The van der Waals surface area contributed by atoms with Crippen LogP contribution in [0.3, 0.4) is 0 Å². The third-order valence-electron chi connectivity index (χ3n) is 3.02. The zero-order valence-corrected chi connectivity index (χ0v) is 11.3. The summed E-state index contributed by atoms with van der Waals surface area (Å²) >= 11 is 6.19. The van der Waals surface area contributed by atoms with Crippen molar-refractivity contribution in [3.63, 3.8) is 0 Å². The van der Waals surface area contributed by atoms with Gasteiger partial charge in [0.1, 0.15) is 5.52 Å². The minimum absolute atomic E-state index is 0.185. The lowest BCUT2D eigenvalue weighted by molar-refractivity contribution is 0.0697. The maximum atomic E-state index is 11.1. The third kappa shape index (κ3) is 2.02. The fourth-order valence-corrected chi connectivity index (χ4v) is 2.21. The predicted molar refractivity (Wildman–Crippen MR) is 75.6 cm³/mol. The number of carboxylic acid groups (broad SMARTS) is 1. The lowest BCUT2D eigenvalue weighted by Gasteiger charge is -2.06. The Hall–Kier alpha value is -2.40. The SMILES string of the molecule is Cc1ccc(Cl)c(-n2nnc3ccc(C(=O)O)cc32)c1. The van der Waals surface area contributed by atoms with Crippen molar-refractivity contribution in [1.29, 1.82) is 0 Å². The molecule has 3 rings (SSSR count). The van der Waals surface area contributed by atoms with Crippen molar-refractivity contribution in [3.8, 4) is 5.69 Å². The highest BCUT2D eigenvalue weighted by molar-refractivity contribution is 6.32. The molecule has 1 heterocycles. The molecule has 0 atom stereocenters. The Labute approximate surface area is 119 Å². The summed E-state index contributed by atoms with van der Waals surface area (Å²) in [5.41, 5.74) is 3.12. The number of aryl methyl sites for hydroxylation is 1. The average molecular weight is 288 g/mol. The number of rotatable bonds is 2. The maximum absolute atomic E-state index is 11.1. The third-order valence-corrected chi connectivity index (χ3v) is 3.34. The van der Waals surface area contributed by atoms with Crippen molar-refractivity contribution in [1.82, 2.24) is 15.0 Å². The molecule has 0 aliphatic carbocycles. The lowest BCUT2D eigenvalue weighted by Crippen LogP contribution is -2.00. The van der Waals surface area contributed by atoms with Gasteiger partial charge < -0.3 is 5.11 Å². The second-order valence-electron chi connectivity index (χ2n) is 4.46. The molecule has 20 heavy (non-hydrogen) atoms. The van der Waals surface area contributed by atoms with Gasteiger partial charge in [-0.05, 0) is 42.8 Å². The molecular weight excluding hydrogens is 278 g/mol. The Bertz CT molecular complexity index is 826. The predicted octanol–water partition coefficient (Wildman–Crippen LogP) is 3.08. The molecule has 0 radical (unpaired) electrons. The molecule has 1 N–H and O–H groups in total. The van der Waals surface area contributed by atoms with Gasteiger partial charge in [0.15, 0.2) is 0 Å². The van der Waals surface area contributed by atoms with E-state index in [2.05, 4.69) is 10.3 Å².